The van der Waals surface area contributed by atoms with Gasteiger partial charge in [0.2, 0.25) is 5.91 Å². The highest BCUT2D eigenvalue weighted by Crippen LogP contribution is 2.22. The molecule has 1 heterocycles. The average molecular weight is 189 g/mol. The Morgan fingerprint density at radius 2 is 2.14 bits per heavy atom. The number of amides is 1. The first-order chi connectivity index (χ1) is 6.77. The monoisotopic (exact) mass is 189 g/mol. The topological polar surface area (TPSA) is 20.1 Å². The Labute approximate surface area is 84.5 Å². The van der Waals surface area contributed by atoms with Crippen molar-refractivity contribution in [3.05, 3.63) is 35.9 Å². The maximum absolute atomic E-state index is 11.0. The maximum atomic E-state index is 11.0. The minimum Gasteiger partial charge on any atom is -0.336 e. The standard InChI is InChI=1S/C12H15NO/c1-10(14)13-9-12(13)8-7-11-5-3-2-4-6-11/h2-6,12H,7-9H2,1H3. The van der Waals surface area contributed by atoms with Gasteiger partial charge in [-0.15, -0.1) is 0 Å². The van der Waals surface area contributed by atoms with Gasteiger partial charge in [0, 0.05) is 19.5 Å². The molecule has 0 saturated carbocycles. The predicted molar refractivity (Wildman–Crippen MR) is 55.9 cm³/mol. The zero-order chi connectivity index (χ0) is 9.97. The second-order valence-electron chi connectivity index (χ2n) is 3.85. The summed E-state index contributed by atoms with van der Waals surface area (Å²) in [6.45, 7) is 2.60. The van der Waals surface area contributed by atoms with Gasteiger partial charge in [0.05, 0.1) is 0 Å². The van der Waals surface area contributed by atoms with Crippen LogP contribution in [0.5, 0.6) is 0 Å². The Morgan fingerprint density at radius 3 is 2.71 bits per heavy atom. The van der Waals surface area contributed by atoms with Crippen LogP contribution in [0, 0.1) is 0 Å². The van der Waals surface area contributed by atoms with E-state index in [9.17, 15) is 4.79 Å². The van der Waals surface area contributed by atoms with Crippen LogP contribution in [-0.2, 0) is 11.2 Å². The Bertz CT molecular complexity index is 320. The lowest BCUT2D eigenvalue weighted by atomic mass is 10.1. The Hall–Kier alpha value is -1.31. The van der Waals surface area contributed by atoms with Crippen molar-refractivity contribution in [1.82, 2.24) is 4.90 Å². The molecule has 1 aromatic carbocycles. The average Bonchev–Trinajstić information content (AvgIpc) is 2.96. The van der Waals surface area contributed by atoms with E-state index in [1.54, 1.807) is 6.92 Å². The van der Waals surface area contributed by atoms with Crippen LogP contribution in [0.3, 0.4) is 0 Å². The molecule has 74 valence electrons. The third-order valence-corrected chi connectivity index (χ3v) is 2.73. The lowest BCUT2D eigenvalue weighted by Crippen LogP contribution is -2.08. The van der Waals surface area contributed by atoms with E-state index in [1.807, 2.05) is 11.0 Å². The number of hydrogen-bond donors (Lipinski definition) is 0. The molecule has 2 nitrogen and oxygen atoms in total. The third-order valence-electron chi connectivity index (χ3n) is 2.73. The Kier molecular flexibility index (Phi) is 2.53. The SMILES string of the molecule is CC(=O)N1CC1CCc1ccccc1. The molecule has 1 aliphatic heterocycles. The van der Waals surface area contributed by atoms with E-state index in [1.165, 1.54) is 5.56 Å². The van der Waals surface area contributed by atoms with E-state index < -0.39 is 0 Å². The van der Waals surface area contributed by atoms with E-state index in [2.05, 4.69) is 24.3 Å². The van der Waals surface area contributed by atoms with E-state index in [0.29, 0.717) is 6.04 Å². The molecule has 1 unspecified atom stereocenters. The van der Waals surface area contributed by atoms with Gasteiger partial charge in [-0.3, -0.25) is 4.79 Å². The molecule has 0 aromatic heterocycles. The van der Waals surface area contributed by atoms with Gasteiger partial charge in [-0.25, -0.2) is 0 Å². The first-order valence-corrected chi connectivity index (χ1v) is 5.08. The molecule has 1 saturated heterocycles. The zero-order valence-electron chi connectivity index (χ0n) is 8.44. The van der Waals surface area contributed by atoms with Crippen molar-refractivity contribution in [3.8, 4) is 0 Å². The first kappa shape index (κ1) is 9.25. The molecule has 14 heavy (non-hydrogen) atoms. The van der Waals surface area contributed by atoms with Gasteiger partial charge in [-0.2, -0.15) is 0 Å². The van der Waals surface area contributed by atoms with Crippen LogP contribution in [0.1, 0.15) is 18.9 Å². The van der Waals surface area contributed by atoms with Gasteiger partial charge in [0.25, 0.3) is 0 Å². The summed E-state index contributed by atoms with van der Waals surface area (Å²) in [5.74, 6) is 0.211. The van der Waals surface area contributed by atoms with Crippen LogP contribution in [0.15, 0.2) is 30.3 Å². The molecule has 2 rings (SSSR count). The van der Waals surface area contributed by atoms with Crippen molar-refractivity contribution >= 4 is 5.91 Å². The van der Waals surface area contributed by atoms with Crippen molar-refractivity contribution in [2.45, 2.75) is 25.8 Å². The smallest absolute Gasteiger partial charge is 0.219 e. The maximum Gasteiger partial charge on any atom is 0.219 e. The van der Waals surface area contributed by atoms with Gasteiger partial charge < -0.3 is 4.90 Å². The summed E-state index contributed by atoms with van der Waals surface area (Å²) in [6, 6.07) is 10.9. The molecule has 0 N–H and O–H groups in total. The number of carbonyl (C=O) groups excluding carboxylic acids is 1. The summed E-state index contributed by atoms with van der Waals surface area (Å²) in [7, 11) is 0. The highest BCUT2D eigenvalue weighted by molar-refractivity contribution is 5.76. The lowest BCUT2D eigenvalue weighted by molar-refractivity contribution is -0.123. The lowest BCUT2D eigenvalue weighted by Gasteiger charge is -2.00. The number of hydrogen-bond acceptors (Lipinski definition) is 1. The summed E-state index contributed by atoms with van der Waals surface area (Å²) in [5, 5.41) is 0. The van der Waals surface area contributed by atoms with Crippen molar-refractivity contribution in [2.24, 2.45) is 0 Å². The summed E-state index contributed by atoms with van der Waals surface area (Å²) >= 11 is 0. The van der Waals surface area contributed by atoms with E-state index in [-0.39, 0.29) is 5.91 Å². The molecule has 1 amide bonds. The van der Waals surface area contributed by atoms with Crippen LogP contribution in [-0.4, -0.2) is 23.4 Å². The molecule has 0 aliphatic carbocycles. The number of rotatable bonds is 3. The molecular formula is C12H15NO. The summed E-state index contributed by atoms with van der Waals surface area (Å²) < 4.78 is 0. The Balaban J connectivity index is 1.77. The van der Waals surface area contributed by atoms with Gasteiger partial charge >= 0.3 is 0 Å². The van der Waals surface area contributed by atoms with Crippen LogP contribution < -0.4 is 0 Å². The molecule has 1 aromatic rings. The summed E-state index contributed by atoms with van der Waals surface area (Å²) in [6.07, 6.45) is 2.18. The van der Waals surface area contributed by atoms with Crippen molar-refractivity contribution in [2.75, 3.05) is 6.54 Å². The first-order valence-electron chi connectivity index (χ1n) is 5.08. The van der Waals surface area contributed by atoms with E-state index in [4.69, 9.17) is 0 Å². The minimum atomic E-state index is 0.211. The van der Waals surface area contributed by atoms with Crippen LogP contribution in [0.4, 0.5) is 0 Å². The molecule has 2 heteroatoms. The minimum absolute atomic E-state index is 0.211. The fourth-order valence-electron chi connectivity index (χ4n) is 1.79. The second kappa shape index (κ2) is 3.82. The quantitative estimate of drug-likeness (QED) is 0.664. The van der Waals surface area contributed by atoms with E-state index in [0.717, 1.165) is 19.4 Å². The van der Waals surface area contributed by atoms with Crippen LogP contribution in [0.2, 0.25) is 0 Å². The predicted octanol–water partition coefficient (Wildman–Crippen LogP) is 1.85. The number of aryl methyl sites for hydroxylation is 1. The van der Waals surface area contributed by atoms with Crippen molar-refractivity contribution in [1.29, 1.82) is 0 Å². The molecule has 1 fully saturated rings. The fourth-order valence-corrected chi connectivity index (χ4v) is 1.79. The molecule has 0 spiro atoms. The van der Waals surface area contributed by atoms with Gasteiger partial charge in [0.1, 0.15) is 0 Å². The molecule has 1 aliphatic rings. The molecular weight excluding hydrogens is 174 g/mol. The second-order valence-corrected chi connectivity index (χ2v) is 3.85. The Morgan fingerprint density at radius 1 is 1.43 bits per heavy atom. The largest absolute Gasteiger partial charge is 0.336 e. The molecule has 0 bridgehead atoms. The van der Waals surface area contributed by atoms with E-state index >= 15 is 0 Å². The van der Waals surface area contributed by atoms with Gasteiger partial charge in [-0.1, -0.05) is 30.3 Å². The van der Waals surface area contributed by atoms with Gasteiger partial charge in [0.15, 0.2) is 0 Å². The van der Waals surface area contributed by atoms with Gasteiger partial charge in [-0.05, 0) is 18.4 Å². The van der Waals surface area contributed by atoms with Crippen LogP contribution >= 0.6 is 0 Å². The number of carbonyl (C=O) groups is 1. The number of benzene rings is 1. The van der Waals surface area contributed by atoms with Crippen molar-refractivity contribution < 1.29 is 4.79 Å². The number of nitrogens with zero attached hydrogens (tertiary/aromatic N) is 1. The normalized spacial score (nSPS) is 19.5. The summed E-state index contributed by atoms with van der Waals surface area (Å²) in [4.78, 5) is 12.9. The summed E-state index contributed by atoms with van der Waals surface area (Å²) in [5.41, 5.74) is 1.36. The molecule has 1 atom stereocenters. The highest BCUT2D eigenvalue weighted by Gasteiger charge is 2.35. The fraction of sp³-hybridized carbons (Fsp3) is 0.417. The van der Waals surface area contributed by atoms with Crippen LogP contribution in [0.25, 0.3) is 0 Å². The third kappa shape index (κ3) is 2.13. The molecule has 0 radical (unpaired) electrons. The highest BCUT2D eigenvalue weighted by atomic mass is 16.2. The van der Waals surface area contributed by atoms with Crippen molar-refractivity contribution in [3.63, 3.8) is 0 Å². The zero-order valence-corrected chi connectivity index (χ0v) is 8.44.